The normalized spacial score (nSPS) is 10.4. The monoisotopic (exact) mass is 383 g/mol. The number of anilines is 1. The lowest BCUT2D eigenvalue weighted by Crippen LogP contribution is -2.05. The minimum absolute atomic E-state index is 0. The van der Waals surface area contributed by atoms with E-state index in [1.165, 1.54) is 86.6 Å². The SMILES string of the molecule is Br.CCCCCCCCCCCCNc1c(C)cc(C)cc1C. The molecule has 0 radical (unpaired) electrons. The summed E-state index contributed by atoms with van der Waals surface area (Å²) in [7, 11) is 0. The lowest BCUT2D eigenvalue weighted by atomic mass is 10.0. The van der Waals surface area contributed by atoms with Crippen LogP contribution in [0.1, 0.15) is 87.8 Å². The van der Waals surface area contributed by atoms with Crippen LogP contribution in [0.3, 0.4) is 0 Å². The Morgan fingerprint density at radius 2 is 1.13 bits per heavy atom. The fourth-order valence-electron chi connectivity index (χ4n) is 3.28. The smallest absolute Gasteiger partial charge is 0.0399 e. The van der Waals surface area contributed by atoms with Crippen LogP contribution in [-0.4, -0.2) is 6.54 Å². The average molecular weight is 384 g/mol. The van der Waals surface area contributed by atoms with Gasteiger partial charge in [-0.15, -0.1) is 17.0 Å². The third-order valence-electron chi connectivity index (χ3n) is 4.51. The molecule has 0 spiro atoms. The summed E-state index contributed by atoms with van der Waals surface area (Å²) >= 11 is 0. The van der Waals surface area contributed by atoms with Gasteiger partial charge >= 0.3 is 0 Å². The molecule has 0 fully saturated rings. The second kappa shape index (κ2) is 13.9. The van der Waals surface area contributed by atoms with Crippen molar-refractivity contribution in [1.82, 2.24) is 0 Å². The van der Waals surface area contributed by atoms with E-state index in [4.69, 9.17) is 0 Å². The van der Waals surface area contributed by atoms with Crippen molar-refractivity contribution < 1.29 is 0 Å². The Morgan fingerprint density at radius 1 is 0.696 bits per heavy atom. The predicted octanol–water partition coefficient (Wildman–Crippen LogP) is 7.52. The Hall–Kier alpha value is -0.500. The molecule has 0 aliphatic heterocycles. The standard InChI is InChI=1S/C21H37N.BrH/c1-5-6-7-8-9-10-11-12-13-14-15-22-21-19(3)16-18(2)17-20(21)4;/h16-17,22H,5-15H2,1-4H3;1H. The molecule has 0 bridgehead atoms. The molecule has 0 aliphatic rings. The summed E-state index contributed by atoms with van der Waals surface area (Å²) in [4.78, 5) is 0. The Balaban J connectivity index is 0.00000484. The molecule has 0 amide bonds. The van der Waals surface area contributed by atoms with Gasteiger partial charge in [-0.2, -0.15) is 0 Å². The van der Waals surface area contributed by atoms with Gasteiger partial charge < -0.3 is 5.32 Å². The quantitative estimate of drug-likeness (QED) is 0.367. The summed E-state index contributed by atoms with van der Waals surface area (Å²) in [5, 5.41) is 3.63. The summed E-state index contributed by atoms with van der Waals surface area (Å²) in [6.07, 6.45) is 14.0. The highest BCUT2D eigenvalue weighted by atomic mass is 79.9. The lowest BCUT2D eigenvalue weighted by Gasteiger charge is -2.13. The van der Waals surface area contributed by atoms with Gasteiger partial charge in [-0.3, -0.25) is 0 Å². The summed E-state index contributed by atoms with van der Waals surface area (Å²) in [6, 6.07) is 4.54. The number of hydrogen-bond acceptors (Lipinski definition) is 1. The Labute approximate surface area is 155 Å². The molecule has 134 valence electrons. The van der Waals surface area contributed by atoms with E-state index in [0.717, 1.165) is 6.54 Å². The molecule has 0 saturated carbocycles. The summed E-state index contributed by atoms with van der Waals surface area (Å²) in [5.41, 5.74) is 5.47. The largest absolute Gasteiger partial charge is 0.385 e. The minimum Gasteiger partial charge on any atom is -0.385 e. The summed E-state index contributed by atoms with van der Waals surface area (Å²) in [6.45, 7) is 9.99. The van der Waals surface area contributed by atoms with Gasteiger partial charge in [0.1, 0.15) is 0 Å². The highest BCUT2D eigenvalue weighted by Gasteiger charge is 2.02. The fraction of sp³-hybridized carbons (Fsp3) is 0.714. The van der Waals surface area contributed by atoms with Crippen molar-refractivity contribution in [3.05, 3.63) is 28.8 Å². The van der Waals surface area contributed by atoms with Crippen LogP contribution in [0, 0.1) is 20.8 Å². The maximum atomic E-state index is 3.63. The van der Waals surface area contributed by atoms with Crippen molar-refractivity contribution in [1.29, 1.82) is 0 Å². The van der Waals surface area contributed by atoms with E-state index in [2.05, 4.69) is 45.1 Å². The number of unbranched alkanes of at least 4 members (excludes halogenated alkanes) is 9. The predicted molar refractivity (Wildman–Crippen MR) is 111 cm³/mol. The Bertz CT molecular complexity index is 391. The second-order valence-corrected chi connectivity index (χ2v) is 6.88. The molecule has 23 heavy (non-hydrogen) atoms. The number of aryl methyl sites for hydroxylation is 3. The lowest BCUT2D eigenvalue weighted by molar-refractivity contribution is 0.560. The van der Waals surface area contributed by atoms with E-state index in [1.54, 1.807) is 0 Å². The zero-order valence-corrected chi connectivity index (χ0v) is 17.6. The highest BCUT2D eigenvalue weighted by Crippen LogP contribution is 2.22. The maximum absolute atomic E-state index is 3.63. The first-order valence-corrected chi connectivity index (χ1v) is 9.47. The van der Waals surface area contributed by atoms with Crippen LogP contribution in [0.2, 0.25) is 0 Å². The second-order valence-electron chi connectivity index (χ2n) is 6.88. The van der Waals surface area contributed by atoms with Gasteiger partial charge in [-0.05, 0) is 38.3 Å². The van der Waals surface area contributed by atoms with Crippen molar-refractivity contribution >= 4 is 22.7 Å². The molecule has 0 heterocycles. The van der Waals surface area contributed by atoms with E-state index in [1.807, 2.05) is 0 Å². The molecule has 0 atom stereocenters. The number of halogens is 1. The fourth-order valence-corrected chi connectivity index (χ4v) is 3.28. The van der Waals surface area contributed by atoms with E-state index in [-0.39, 0.29) is 17.0 Å². The van der Waals surface area contributed by atoms with E-state index in [0.29, 0.717) is 0 Å². The molecule has 0 aromatic heterocycles. The summed E-state index contributed by atoms with van der Waals surface area (Å²) < 4.78 is 0. The van der Waals surface area contributed by atoms with Gasteiger partial charge in [0.05, 0.1) is 0 Å². The Kier molecular flexibility index (Phi) is 13.6. The van der Waals surface area contributed by atoms with Gasteiger partial charge in [0.2, 0.25) is 0 Å². The van der Waals surface area contributed by atoms with Crippen molar-refractivity contribution in [2.24, 2.45) is 0 Å². The van der Waals surface area contributed by atoms with Gasteiger partial charge in [0.25, 0.3) is 0 Å². The molecule has 0 unspecified atom stereocenters. The molecule has 1 rings (SSSR count). The van der Waals surface area contributed by atoms with Crippen LogP contribution in [0.4, 0.5) is 5.69 Å². The van der Waals surface area contributed by atoms with Crippen LogP contribution >= 0.6 is 17.0 Å². The topological polar surface area (TPSA) is 12.0 Å². The van der Waals surface area contributed by atoms with Gasteiger partial charge in [-0.1, -0.05) is 82.4 Å². The number of nitrogens with one attached hydrogen (secondary N) is 1. The third-order valence-corrected chi connectivity index (χ3v) is 4.51. The minimum atomic E-state index is 0. The van der Waals surface area contributed by atoms with Crippen LogP contribution in [0.15, 0.2) is 12.1 Å². The molecule has 0 saturated heterocycles. The van der Waals surface area contributed by atoms with Crippen LogP contribution in [0.5, 0.6) is 0 Å². The van der Waals surface area contributed by atoms with Crippen LogP contribution in [0.25, 0.3) is 0 Å². The first-order chi connectivity index (χ1) is 10.6. The van der Waals surface area contributed by atoms with Gasteiger partial charge in [-0.25, -0.2) is 0 Å². The molecule has 1 aromatic carbocycles. The zero-order chi connectivity index (χ0) is 16.2. The Morgan fingerprint density at radius 3 is 1.61 bits per heavy atom. The third kappa shape index (κ3) is 10.1. The molecular weight excluding hydrogens is 346 g/mol. The molecular formula is C21H38BrN. The van der Waals surface area contributed by atoms with Crippen molar-refractivity contribution in [2.45, 2.75) is 91.9 Å². The molecule has 1 aromatic rings. The molecule has 2 heteroatoms. The van der Waals surface area contributed by atoms with Gasteiger partial charge in [0.15, 0.2) is 0 Å². The maximum Gasteiger partial charge on any atom is 0.0399 e. The molecule has 0 aliphatic carbocycles. The van der Waals surface area contributed by atoms with Crippen LogP contribution < -0.4 is 5.32 Å². The van der Waals surface area contributed by atoms with Gasteiger partial charge in [0, 0.05) is 12.2 Å². The van der Waals surface area contributed by atoms with Crippen LogP contribution in [-0.2, 0) is 0 Å². The van der Waals surface area contributed by atoms with E-state index < -0.39 is 0 Å². The van der Waals surface area contributed by atoms with E-state index >= 15 is 0 Å². The first-order valence-electron chi connectivity index (χ1n) is 9.47. The number of hydrogen-bond donors (Lipinski definition) is 1. The molecule has 1 nitrogen and oxygen atoms in total. The van der Waals surface area contributed by atoms with Crippen molar-refractivity contribution in [3.8, 4) is 0 Å². The summed E-state index contributed by atoms with van der Waals surface area (Å²) in [5.74, 6) is 0. The number of rotatable bonds is 12. The highest BCUT2D eigenvalue weighted by molar-refractivity contribution is 8.93. The first kappa shape index (κ1) is 22.5. The average Bonchev–Trinajstić information content (AvgIpc) is 2.46. The van der Waals surface area contributed by atoms with Crippen molar-refractivity contribution in [3.63, 3.8) is 0 Å². The van der Waals surface area contributed by atoms with E-state index in [9.17, 15) is 0 Å². The van der Waals surface area contributed by atoms with Crippen molar-refractivity contribution in [2.75, 3.05) is 11.9 Å². The molecule has 1 N–H and O–H groups in total. The zero-order valence-electron chi connectivity index (χ0n) is 15.8. The number of benzene rings is 1.